The molecule has 1 N–H and O–H groups in total. The van der Waals surface area contributed by atoms with Gasteiger partial charge in [-0.05, 0) is 26.3 Å². The monoisotopic (exact) mass is 263 g/mol. The highest BCUT2D eigenvalue weighted by atomic mass is 35.5. The number of nitrogens with one attached hydrogen (secondary N) is 1. The lowest BCUT2D eigenvalue weighted by molar-refractivity contribution is 0.150. The van der Waals surface area contributed by atoms with Crippen LogP contribution in [0.3, 0.4) is 0 Å². The zero-order chi connectivity index (χ0) is 11.5. The molecule has 6 heteroatoms. The minimum atomic E-state index is -2.49. The van der Waals surface area contributed by atoms with Gasteiger partial charge in [0.15, 0.2) is 0 Å². The first-order chi connectivity index (χ1) is 7.66. The molecule has 0 amide bonds. The summed E-state index contributed by atoms with van der Waals surface area (Å²) in [5, 5.41) is 3.34. The summed E-state index contributed by atoms with van der Waals surface area (Å²) in [6, 6.07) is 0.442. The van der Waals surface area contributed by atoms with Gasteiger partial charge in [-0.15, -0.1) is 12.4 Å². The van der Waals surface area contributed by atoms with Crippen LogP contribution in [0.4, 0.5) is 8.78 Å². The third kappa shape index (κ3) is 3.57. The highest BCUT2D eigenvalue weighted by molar-refractivity contribution is 5.85. The van der Waals surface area contributed by atoms with Gasteiger partial charge < -0.3 is 5.32 Å². The zero-order valence-electron chi connectivity index (χ0n) is 9.57. The average Bonchev–Trinajstić information content (AvgIpc) is 2.29. The minimum Gasteiger partial charge on any atom is -0.314 e. The molecule has 0 bridgehead atoms. The van der Waals surface area contributed by atoms with Crippen LogP contribution in [0.15, 0.2) is 12.4 Å². The molecule has 0 spiro atoms. The molecular weight excluding hydrogens is 248 g/mol. The molecule has 96 valence electrons. The summed E-state index contributed by atoms with van der Waals surface area (Å²) < 4.78 is 24.6. The molecule has 1 fully saturated rings. The standard InChI is InChI=1S/C11H15F2N3.ClH/c1-7-4-8(2-3-14-7)11-15-5-9(6-16-11)10(12)13;/h5-8,10,14H,2-4H2,1H3;1H/t7-,8?;/m0./s1. The van der Waals surface area contributed by atoms with Gasteiger partial charge in [0.2, 0.25) is 0 Å². The summed E-state index contributed by atoms with van der Waals surface area (Å²) in [5.74, 6) is 0.987. The number of piperidine rings is 1. The van der Waals surface area contributed by atoms with E-state index < -0.39 is 6.43 Å². The number of hydrogen-bond donors (Lipinski definition) is 1. The third-order valence-electron chi connectivity index (χ3n) is 2.93. The van der Waals surface area contributed by atoms with Gasteiger partial charge in [0.05, 0.1) is 5.56 Å². The molecule has 2 atom stereocenters. The Kier molecular flexibility index (Phi) is 5.21. The second-order valence-corrected chi connectivity index (χ2v) is 4.25. The molecule has 2 heterocycles. The van der Waals surface area contributed by atoms with Crippen LogP contribution in [0.5, 0.6) is 0 Å². The predicted octanol–water partition coefficient (Wildman–Crippen LogP) is 2.69. The smallest absolute Gasteiger partial charge is 0.266 e. The Morgan fingerprint density at radius 2 is 2.00 bits per heavy atom. The number of hydrogen-bond acceptors (Lipinski definition) is 3. The van der Waals surface area contributed by atoms with Gasteiger partial charge >= 0.3 is 0 Å². The van der Waals surface area contributed by atoms with Gasteiger partial charge in [0.1, 0.15) is 5.82 Å². The van der Waals surface area contributed by atoms with E-state index in [1.807, 2.05) is 0 Å². The lowest BCUT2D eigenvalue weighted by atomic mass is 9.92. The van der Waals surface area contributed by atoms with E-state index in [0.29, 0.717) is 17.8 Å². The maximum atomic E-state index is 12.3. The molecule has 1 aliphatic heterocycles. The number of rotatable bonds is 2. The third-order valence-corrected chi connectivity index (χ3v) is 2.93. The predicted molar refractivity (Wildman–Crippen MR) is 63.7 cm³/mol. The Morgan fingerprint density at radius 1 is 1.35 bits per heavy atom. The molecule has 1 aromatic rings. The van der Waals surface area contributed by atoms with E-state index in [9.17, 15) is 8.78 Å². The average molecular weight is 264 g/mol. The lowest BCUT2D eigenvalue weighted by Gasteiger charge is -2.26. The summed E-state index contributed by atoms with van der Waals surface area (Å²) in [4.78, 5) is 8.08. The fourth-order valence-corrected chi connectivity index (χ4v) is 2.04. The highest BCUT2D eigenvalue weighted by Crippen LogP contribution is 2.25. The number of nitrogens with zero attached hydrogens (tertiary/aromatic N) is 2. The van der Waals surface area contributed by atoms with Gasteiger partial charge in [-0.25, -0.2) is 18.7 Å². The van der Waals surface area contributed by atoms with Crippen molar-refractivity contribution in [3.8, 4) is 0 Å². The number of aromatic nitrogens is 2. The molecule has 1 aromatic heterocycles. The van der Waals surface area contributed by atoms with E-state index >= 15 is 0 Å². The molecule has 0 saturated carbocycles. The van der Waals surface area contributed by atoms with E-state index in [-0.39, 0.29) is 18.0 Å². The summed E-state index contributed by atoms with van der Waals surface area (Å²) in [7, 11) is 0. The van der Waals surface area contributed by atoms with E-state index in [1.165, 1.54) is 12.4 Å². The molecule has 1 unspecified atom stereocenters. The van der Waals surface area contributed by atoms with Crippen molar-refractivity contribution in [3.05, 3.63) is 23.8 Å². The van der Waals surface area contributed by atoms with Crippen LogP contribution in [0, 0.1) is 0 Å². The molecule has 17 heavy (non-hydrogen) atoms. The topological polar surface area (TPSA) is 37.8 Å². The van der Waals surface area contributed by atoms with Gasteiger partial charge in [0.25, 0.3) is 6.43 Å². The first-order valence-corrected chi connectivity index (χ1v) is 5.50. The molecule has 1 saturated heterocycles. The van der Waals surface area contributed by atoms with Crippen LogP contribution >= 0.6 is 12.4 Å². The van der Waals surface area contributed by atoms with Gasteiger partial charge in [-0.2, -0.15) is 0 Å². The molecule has 2 rings (SSSR count). The first-order valence-electron chi connectivity index (χ1n) is 5.50. The van der Waals surface area contributed by atoms with Crippen molar-refractivity contribution < 1.29 is 8.78 Å². The quantitative estimate of drug-likeness (QED) is 0.892. The van der Waals surface area contributed by atoms with E-state index in [1.54, 1.807) is 0 Å². The van der Waals surface area contributed by atoms with Crippen molar-refractivity contribution in [2.45, 2.75) is 38.2 Å². The normalized spacial score (nSPS) is 24.5. The summed E-state index contributed by atoms with van der Waals surface area (Å²) in [5.41, 5.74) is -0.106. The Bertz CT molecular complexity index is 345. The van der Waals surface area contributed by atoms with E-state index in [0.717, 1.165) is 19.4 Å². The van der Waals surface area contributed by atoms with Crippen molar-refractivity contribution in [2.24, 2.45) is 0 Å². The van der Waals surface area contributed by atoms with Crippen LogP contribution in [0.1, 0.15) is 43.5 Å². The van der Waals surface area contributed by atoms with Crippen LogP contribution in [-0.2, 0) is 0 Å². The first kappa shape index (κ1) is 14.3. The lowest BCUT2D eigenvalue weighted by Crippen LogP contribution is -2.35. The SMILES string of the molecule is C[C@H]1CC(c2ncc(C(F)F)cn2)CCN1.Cl. The van der Waals surface area contributed by atoms with Gasteiger partial charge in [-0.1, -0.05) is 0 Å². The van der Waals surface area contributed by atoms with Crippen molar-refractivity contribution in [1.82, 2.24) is 15.3 Å². The van der Waals surface area contributed by atoms with Crippen molar-refractivity contribution in [2.75, 3.05) is 6.54 Å². The molecule has 3 nitrogen and oxygen atoms in total. The largest absolute Gasteiger partial charge is 0.314 e. The fraction of sp³-hybridized carbons (Fsp3) is 0.636. The molecular formula is C11H16ClF2N3. The van der Waals surface area contributed by atoms with E-state index in [2.05, 4.69) is 22.2 Å². The van der Waals surface area contributed by atoms with E-state index in [4.69, 9.17) is 0 Å². The van der Waals surface area contributed by atoms with Gasteiger partial charge in [-0.3, -0.25) is 0 Å². The number of halogens is 3. The summed E-state index contributed by atoms with van der Waals surface area (Å²) >= 11 is 0. The Morgan fingerprint density at radius 3 is 2.53 bits per heavy atom. The van der Waals surface area contributed by atoms with Crippen molar-refractivity contribution >= 4 is 12.4 Å². The second-order valence-electron chi connectivity index (χ2n) is 4.25. The van der Waals surface area contributed by atoms with Crippen LogP contribution in [-0.4, -0.2) is 22.6 Å². The fourth-order valence-electron chi connectivity index (χ4n) is 2.04. The minimum absolute atomic E-state index is 0. The van der Waals surface area contributed by atoms with Gasteiger partial charge in [0, 0.05) is 24.4 Å². The number of alkyl halides is 2. The van der Waals surface area contributed by atoms with Crippen molar-refractivity contribution in [1.29, 1.82) is 0 Å². The maximum absolute atomic E-state index is 12.3. The van der Waals surface area contributed by atoms with Crippen molar-refractivity contribution in [3.63, 3.8) is 0 Å². The Labute approximate surface area is 105 Å². The Balaban J connectivity index is 0.00000144. The molecule has 1 aliphatic rings. The maximum Gasteiger partial charge on any atom is 0.266 e. The molecule has 0 aliphatic carbocycles. The summed E-state index contributed by atoms with van der Waals surface area (Å²) in [6.07, 6.45) is 1.92. The molecule has 0 radical (unpaired) electrons. The van der Waals surface area contributed by atoms with Crippen LogP contribution in [0.2, 0.25) is 0 Å². The van der Waals surface area contributed by atoms with Crippen LogP contribution < -0.4 is 5.32 Å². The van der Waals surface area contributed by atoms with Crippen LogP contribution in [0.25, 0.3) is 0 Å². The zero-order valence-corrected chi connectivity index (χ0v) is 10.4. The Hall–Kier alpha value is -0.810. The highest BCUT2D eigenvalue weighted by Gasteiger charge is 2.22. The second kappa shape index (κ2) is 6.21. The summed E-state index contributed by atoms with van der Waals surface area (Å²) in [6.45, 7) is 3.05. The molecule has 0 aromatic carbocycles.